The van der Waals surface area contributed by atoms with Crippen LogP contribution in [-0.4, -0.2) is 41.6 Å². The number of aliphatic carboxylic acids is 1. The molecule has 1 aliphatic carbocycles. The van der Waals surface area contributed by atoms with Crippen molar-refractivity contribution in [3.8, 4) is 0 Å². The summed E-state index contributed by atoms with van der Waals surface area (Å²) in [6, 6.07) is 5.32. The maximum atomic E-state index is 12.1. The van der Waals surface area contributed by atoms with E-state index in [9.17, 15) is 14.4 Å². The van der Waals surface area contributed by atoms with Crippen LogP contribution in [0.25, 0.3) is 0 Å². The van der Waals surface area contributed by atoms with Crippen LogP contribution in [0.5, 0.6) is 0 Å². The molecule has 0 heterocycles. The van der Waals surface area contributed by atoms with Crippen LogP contribution in [0.3, 0.4) is 0 Å². The lowest BCUT2D eigenvalue weighted by atomic mass is 9.77. The minimum atomic E-state index is -1.10. The molecule has 0 saturated heterocycles. The van der Waals surface area contributed by atoms with Crippen LogP contribution in [0.4, 0.5) is 5.69 Å². The van der Waals surface area contributed by atoms with E-state index in [1.807, 2.05) is 0 Å². The molecular weight excluding hydrogens is 312 g/mol. The molecular formula is C17H22N2O5. The molecule has 2 rings (SSSR count). The van der Waals surface area contributed by atoms with Gasteiger partial charge in [-0.1, -0.05) is 0 Å². The summed E-state index contributed by atoms with van der Waals surface area (Å²) < 4.78 is 5.43. The second kappa shape index (κ2) is 7.44. The quantitative estimate of drug-likeness (QED) is 0.705. The molecule has 130 valence electrons. The summed E-state index contributed by atoms with van der Waals surface area (Å²) in [5.74, 6) is -1.71. The molecule has 0 aromatic heterocycles. The number of benzene rings is 1. The van der Waals surface area contributed by atoms with Gasteiger partial charge >= 0.3 is 5.97 Å². The molecule has 7 nitrogen and oxygen atoms in total. The van der Waals surface area contributed by atoms with Crippen molar-refractivity contribution in [3.63, 3.8) is 0 Å². The molecule has 0 radical (unpaired) electrons. The molecule has 1 atom stereocenters. The SMILES string of the molecule is COC1(CC(=O)Nc2ccc(C(=O)NC(C)C(=O)O)cc2)CCC1. The third-order valence-corrected chi connectivity index (χ3v) is 4.33. The number of rotatable bonds is 7. The van der Waals surface area contributed by atoms with E-state index in [1.165, 1.54) is 19.1 Å². The predicted octanol–water partition coefficient (Wildman–Crippen LogP) is 1.79. The summed E-state index contributed by atoms with van der Waals surface area (Å²) in [5, 5.41) is 13.9. The van der Waals surface area contributed by atoms with Gasteiger partial charge in [0.1, 0.15) is 6.04 Å². The fraction of sp³-hybridized carbons (Fsp3) is 0.471. The number of nitrogens with one attached hydrogen (secondary N) is 2. The predicted molar refractivity (Wildman–Crippen MR) is 87.8 cm³/mol. The first-order valence-corrected chi connectivity index (χ1v) is 7.84. The number of carbonyl (C=O) groups excluding carboxylic acids is 2. The molecule has 0 aliphatic heterocycles. The number of carboxylic acids is 1. The Bertz CT molecular complexity index is 617. The Morgan fingerprint density at radius 2 is 1.88 bits per heavy atom. The lowest BCUT2D eigenvalue weighted by molar-refractivity contribution is -0.138. The largest absolute Gasteiger partial charge is 0.480 e. The maximum Gasteiger partial charge on any atom is 0.325 e. The van der Waals surface area contributed by atoms with Crippen LogP contribution in [-0.2, 0) is 14.3 Å². The standard InChI is InChI=1S/C17H22N2O5/c1-11(16(22)23)18-15(21)12-4-6-13(7-5-12)19-14(20)10-17(24-2)8-3-9-17/h4-7,11H,3,8-10H2,1-2H3,(H,18,21)(H,19,20)(H,22,23). The number of amides is 2. The van der Waals surface area contributed by atoms with Gasteiger partial charge in [0.15, 0.2) is 0 Å². The highest BCUT2D eigenvalue weighted by molar-refractivity contribution is 5.97. The normalized spacial score (nSPS) is 16.6. The first-order chi connectivity index (χ1) is 11.3. The number of methoxy groups -OCH3 is 1. The topological polar surface area (TPSA) is 105 Å². The van der Waals surface area contributed by atoms with Gasteiger partial charge in [0.2, 0.25) is 5.91 Å². The number of carboxylic acid groups (broad SMARTS) is 1. The van der Waals surface area contributed by atoms with Crippen molar-refractivity contribution < 1.29 is 24.2 Å². The zero-order valence-electron chi connectivity index (χ0n) is 13.8. The molecule has 1 aromatic carbocycles. The highest BCUT2D eigenvalue weighted by Crippen LogP contribution is 2.38. The number of anilines is 1. The van der Waals surface area contributed by atoms with E-state index in [0.717, 1.165) is 19.3 Å². The van der Waals surface area contributed by atoms with Gasteiger partial charge in [-0.3, -0.25) is 14.4 Å². The van der Waals surface area contributed by atoms with Gasteiger partial charge < -0.3 is 20.5 Å². The second-order valence-electron chi connectivity index (χ2n) is 6.08. The summed E-state index contributed by atoms with van der Waals surface area (Å²) in [4.78, 5) is 34.7. The molecule has 0 spiro atoms. The van der Waals surface area contributed by atoms with Gasteiger partial charge in [-0.15, -0.1) is 0 Å². The molecule has 3 N–H and O–H groups in total. The highest BCUT2D eigenvalue weighted by Gasteiger charge is 2.38. The molecule has 1 fully saturated rings. The van der Waals surface area contributed by atoms with Crippen LogP contribution in [0.2, 0.25) is 0 Å². The molecule has 1 unspecified atom stereocenters. The van der Waals surface area contributed by atoms with E-state index >= 15 is 0 Å². The number of carbonyl (C=O) groups is 3. The maximum absolute atomic E-state index is 12.1. The van der Waals surface area contributed by atoms with Crippen molar-refractivity contribution in [3.05, 3.63) is 29.8 Å². The highest BCUT2D eigenvalue weighted by atomic mass is 16.5. The Morgan fingerprint density at radius 3 is 2.33 bits per heavy atom. The van der Waals surface area contributed by atoms with Crippen molar-refractivity contribution in [1.82, 2.24) is 5.32 Å². The van der Waals surface area contributed by atoms with E-state index in [0.29, 0.717) is 17.7 Å². The van der Waals surface area contributed by atoms with Gasteiger partial charge in [0, 0.05) is 18.4 Å². The average Bonchev–Trinajstić information content (AvgIpc) is 2.51. The van der Waals surface area contributed by atoms with Crippen molar-refractivity contribution in [2.45, 2.75) is 44.2 Å². The number of hydrogen-bond acceptors (Lipinski definition) is 4. The zero-order valence-corrected chi connectivity index (χ0v) is 13.8. The minimum absolute atomic E-state index is 0.131. The van der Waals surface area contributed by atoms with Crippen LogP contribution >= 0.6 is 0 Å². The van der Waals surface area contributed by atoms with Gasteiger partial charge in [0.25, 0.3) is 5.91 Å². The molecule has 0 bridgehead atoms. The van der Waals surface area contributed by atoms with Crippen LogP contribution in [0.15, 0.2) is 24.3 Å². The number of hydrogen-bond donors (Lipinski definition) is 3. The Morgan fingerprint density at radius 1 is 1.25 bits per heavy atom. The Hall–Kier alpha value is -2.41. The summed E-state index contributed by atoms with van der Waals surface area (Å²) in [5.41, 5.74) is 0.568. The summed E-state index contributed by atoms with van der Waals surface area (Å²) in [7, 11) is 1.62. The Kier molecular flexibility index (Phi) is 5.56. The van der Waals surface area contributed by atoms with Gasteiger partial charge in [0.05, 0.1) is 12.0 Å². The fourth-order valence-corrected chi connectivity index (χ4v) is 2.57. The first-order valence-electron chi connectivity index (χ1n) is 7.84. The van der Waals surface area contributed by atoms with Crippen LogP contribution < -0.4 is 10.6 Å². The monoisotopic (exact) mass is 334 g/mol. The van der Waals surface area contributed by atoms with Crippen molar-refractivity contribution in [2.24, 2.45) is 0 Å². The van der Waals surface area contributed by atoms with Crippen LogP contribution in [0, 0.1) is 0 Å². The lowest BCUT2D eigenvalue weighted by Gasteiger charge is -2.39. The molecule has 7 heteroatoms. The van der Waals surface area contributed by atoms with Crippen molar-refractivity contribution in [1.29, 1.82) is 0 Å². The first kappa shape index (κ1) is 17.9. The third-order valence-electron chi connectivity index (χ3n) is 4.33. The van der Waals surface area contributed by atoms with E-state index < -0.39 is 17.9 Å². The van der Waals surface area contributed by atoms with Crippen molar-refractivity contribution >= 4 is 23.5 Å². The lowest BCUT2D eigenvalue weighted by Crippen LogP contribution is -2.42. The van der Waals surface area contributed by atoms with Gasteiger partial charge in [-0.05, 0) is 50.5 Å². The molecule has 24 heavy (non-hydrogen) atoms. The van der Waals surface area contributed by atoms with E-state index in [-0.39, 0.29) is 11.5 Å². The molecule has 1 saturated carbocycles. The molecule has 1 aromatic rings. The Labute approximate surface area is 140 Å². The van der Waals surface area contributed by atoms with E-state index in [1.54, 1.807) is 19.2 Å². The minimum Gasteiger partial charge on any atom is -0.480 e. The molecule has 2 amide bonds. The van der Waals surface area contributed by atoms with E-state index in [2.05, 4.69) is 10.6 Å². The number of ether oxygens (including phenoxy) is 1. The van der Waals surface area contributed by atoms with Gasteiger partial charge in [-0.25, -0.2) is 0 Å². The zero-order chi connectivity index (χ0) is 17.7. The van der Waals surface area contributed by atoms with Crippen molar-refractivity contribution in [2.75, 3.05) is 12.4 Å². The van der Waals surface area contributed by atoms with E-state index in [4.69, 9.17) is 9.84 Å². The summed E-state index contributed by atoms with van der Waals surface area (Å²) in [6.07, 6.45) is 3.15. The summed E-state index contributed by atoms with van der Waals surface area (Å²) in [6.45, 7) is 1.39. The fourth-order valence-electron chi connectivity index (χ4n) is 2.57. The Balaban J connectivity index is 1.90. The third kappa shape index (κ3) is 4.32. The second-order valence-corrected chi connectivity index (χ2v) is 6.08. The van der Waals surface area contributed by atoms with Crippen LogP contribution in [0.1, 0.15) is 43.0 Å². The van der Waals surface area contributed by atoms with Gasteiger partial charge in [-0.2, -0.15) is 0 Å². The average molecular weight is 334 g/mol. The summed E-state index contributed by atoms with van der Waals surface area (Å²) >= 11 is 0. The smallest absolute Gasteiger partial charge is 0.325 e. The molecule has 1 aliphatic rings.